The van der Waals surface area contributed by atoms with Crippen LogP contribution in [0.2, 0.25) is 0 Å². The van der Waals surface area contributed by atoms with Crippen LogP contribution in [-0.4, -0.2) is 38.3 Å². The van der Waals surface area contributed by atoms with E-state index in [1.165, 1.54) is 5.69 Å². The Labute approximate surface area is 115 Å². The van der Waals surface area contributed by atoms with Crippen LogP contribution in [0.5, 0.6) is 0 Å². The third-order valence-corrected chi connectivity index (χ3v) is 3.32. The van der Waals surface area contributed by atoms with E-state index < -0.39 is 5.97 Å². The Bertz CT molecular complexity index is 413. The third kappa shape index (κ3) is 5.03. The number of hydrogen-bond donors (Lipinski definition) is 1. The molecule has 5 heteroatoms. The number of hydrogen-bond acceptors (Lipinski definition) is 3. The van der Waals surface area contributed by atoms with Crippen LogP contribution in [0.3, 0.4) is 0 Å². The highest BCUT2D eigenvalue weighted by atomic mass is 16.4. The van der Waals surface area contributed by atoms with Gasteiger partial charge in [-0.3, -0.25) is 14.4 Å². The highest BCUT2D eigenvalue weighted by Crippen LogP contribution is 2.11. The molecule has 0 bridgehead atoms. The molecule has 0 amide bonds. The van der Waals surface area contributed by atoms with Crippen molar-refractivity contribution in [1.29, 1.82) is 0 Å². The molecule has 0 spiro atoms. The molecule has 108 valence electrons. The molecule has 0 fully saturated rings. The van der Waals surface area contributed by atoms with Crippen molar-refractivity contribution >= 4 is 5.97 Å². The normalized spacial score (nSPS) is 11.5. The maximum atomic E-state index is 10.6. The zero-order chi connectivity index (χ0) is 14.4. The van der Waals surface area contributed by atoms with Gasteiger partial charge < -0.3 is 5.11 Å². The fourth-order valence-electron chi connectivity index (χ4n) is 2.05. The van der Waals surface area contributed by atoms with Crippen LogP contribution in [0.4, 0.5) is 0 Å². The molecule has 1 rings (SSSR count). The number of aliphatic carboxylic acids is 1. The lowest BCUT2D eigenvalue weighted by Crippen LogP contribution is -2.32. The highest BCUT2D eigenvalue weighted by Gasteiger charge is 2.13. The SMILES string of the molecule is CCc1cc(CN(CCCC(=O)O)C(C)C)n(C)n1. The molecule has 0 saturated heterocycles. The average molecular weight is 267 g/mol. The fraction of sp³-hybridized carbons (Fsp3) is 0.714. The lowest BCUT2D eigenvalue weighted by Gasteiger charge is -2.26. The number of aryl methyl sites for hydroxylation is 2. The standard InChI is InChI=1S/C14H25N3O2/c1-5-12-9-13(16(4)15-12)10-17(11(2)3)8-6-7-14(18)19/h9,11H,5-8,10H2,1-4H3,(H,18,19). The van der Waals surface area contributed by atoms with E-state index in [0.717, 1.165) is 25.2 Å². The highest BCUT2D eigenvalue weighted by molar-refractivity contribution is 5.66. The molecular weight excluding hydrogens is 242 g/mol. The van der Waals surface area contributed by atoms with Gasteiger partial charge in [-0.25, -0.2) is 0 Å². The van der Waals surface area contributed by atoms with Crippen LogP contribution in [0.1, 0.15) is 45.0 Å². The number of carboxylic acids is 1. The Balaban J connectivity index is 2.61. The van der Waals surface area contributed by atoms with Gasteiger partial charge in [0.05, 0.1) is 11.4 Å². The van der Waals surface area contributed by atoms with Gasteiger partial charge in [-0.15, -0.1) is 0 Å². The van der Waals surface area contributed by atoms with Gasteiger partial charge in [0.25, 0.3) is 0 Å². The summed E-state index contributed by atoms with van der Waals surface area (Å²) < 4.78 is 1.92. The molecule has 0 radical (unpaired) electrons. The number of nitrogens with zero attached hydrogens (tertiary/aromatic N) is 3. The topological polar surface area (TPSA) is 58.4 Å². The third-order valence-electron chi connectivity index (χ3n) is 3.32. The molecule has 1 aromatic heterocycles. The number of carbonyl (C=O) groups is 1. The van der Waals surface area contributed by atoms with Crippen molar-refractivity contribution in [3.63, 3.8) is 0 Å². The molecule has 0 aliphatic carbocycles. The first kappa shape index (κ1) is 15.7. The number of rotatable bonds is 8. The van der Waals surface area contributed by atoms with Crippen LogP contribution in [0.15, 0.2) is 6.07 Å². The van der Waals surface area contributed by atoms with Crippen molar-refractivity contribution in [2.24, 2.45) is 7.05 Å². The van der Waals surface area contributed by atoms with E-state index in [2.05, 4.69) is 36.8 Å². The second-order valence-corrected chi connectivity index (χ2v) is 5.17. The molecule has 0 saturated carbocycles. The van der Waals surface area contributed by atoms with Crippen molar-refractivity contribution in [2.75, 3.05) is 6.54 Å². The van der Waals surface area contributed by atoms with E-state index in [1.807, 2.05) is 11.7 Å². The fourth-order valence-corrected chi connectivity index (χ4v) is 2.05. The van der Waals surface area contributed by atoms with Gasteiger partial charge in [-0.2, -0.15) is 5.10 Å². The van der Waals surface area contributed by atoms with Crippen LogP contribution in [0.25, 0.3) is 0 Å². The number of carboxylic acid groups (broad SMARTS) is 1. The lowest BCUT2D eigenvalue weighted by molar-refractivity contribution is -0.137. The van der Waals surface area contributed by atoms with Gasteiger partial charge >= 0.3 is 5.97 Å². The number of aromatic nitrogens is 2. The molecular formula is C14H25N3O2. The minimum Gasteiger partial charge on any atom is -0.481 e. The molecule has 0 aromatic carbocycles. The Morgan fingerprint density at radius 2 is 2.21 bits per heavy atom. The molecule has 0 atom stereocenters. The van der Waals surface area contributed by atoms with Crippen LogP contribution in [-0.2, 0) is 24.8 Å². The van der Waals surface area contributed by atoms with E-state index in [1.54, 1.807) is 0 Å². The largest absolute Gasteiger partial charge is 0.481 e. The van der Waals surface area contributed by atoms with E-state index in [0.29, 0.717) is 12.5 Å². The van der Waals surface area contributed by atoms with Crippen molar-refractivity contribution in [2.45, 2.75) is 52.6 Å². The van der Waals surface area contributed by atoms with Crippen molar-refractivity contribution in [3.8, 4) is 0 Å². The predicted octanol–water partition coefficient (Wildman–Crippen LogP) is 2.06. The molecule has 1 N–H and O–H groups in total. The zero-order valence-electron chi connectivity index (χ0n) is 12.4. The molecule has 0 aliphatic heterocycles. The monoisotopic (exact) mass is 267 g/mol. The van der Waals surface area contributed by atoms with Gasteiger partial charge in [0.1, 0.15) is 0 Å². The van der Waals surface area contributed by atoms with Crippen molar-refractivity contribution < 1.29 is 9.90 Å². The molecule has 0 aliphatic rings. The Hall–Kier alpha value is -1.36. The Kier molecular flexibility index (Phi) is 6.02. The van der Waals surface area contributed by atoms with Gasteiger partial charge in [-0.1, -0.05) is 6.92 Å². The summed E-state index contributed by atoms with van der Waals surface area (Å²) in [5, 5.41) is 13.1. The second-order valence-electron chi connectivity index (χ2n) is 5.17. The Morgan fingerprint density at radius 3 is 2.68 bits per heavy atom. The molecule has 0 unspecified atom stereocenters. The zero-order valence-corrected chi connectivity index (χ0v) is 12.4. The maximum Gasteiger partial charge on any atom is 0.303 e. The van der Waals surface area contributed by atoms with Crippen LogP contribution >= 0.6 is 0 Å². The first-order valence-corrected chi connectivity index (χ1v) is 6.91. The van der Waals surface area contributed by atoms with E-state index in [9.17, 15) is 4.79 Å². The molecule has 5 nitrogen and oxygen atoms in total. The summed E-state index contributed by atoms with van der Waals surface area (Å²) in [6.07, 6.45) is 1.86. The molecule has 19 heavy (non-hydrogen) atoms. The van der Waals surface area contributed by atoms with Crippen molar-refractivity contribution in [1.82, 2.24) is 14.7 Å². The quantitative estimate of drug-likeness (QED) is 0.783. The first-order chi connectivity index (χ1) is 8.93. The van der Waals surface area contributed by atoms with E-state index in [4.69, 9.17) is 5.11 Å². The van der Waals surface area contributed by atoms with Crippen LogP contribution in [0, 0.1) is 0 Å². The maximum absolute atomic E-state index is 10.6. The summed E-state index contributed by atoms with van der Waals surface area (Å²) >= 11 is 0. The van der Waals surface area contributed by atoms with Gasteiger partial charge in [0.15, 0.2) is 0 Å². The van der Waals surface area contributed by atoms with Gasteiger partial charge in [-0.05, 0) is 39.3 Å². The minimum absolute atomic E-state index is 0.231. The molecule has 1 heterocycles. The summed E-state index contributed by atoms with van der Waals surface area (Å²) in [5.41, 5.74) is 2.28. The summed E-state index contributed by atoms with van der Waals surface area (Å²) in [4.78, 5) is 12.9. The van der Waals surface area contributed by atoms with Crippen molar-refractivity contribution in [3.05, 3.63) is 17.5 Å². The van der Waals surface area contributed by atoms with Gasteiger partial charge in [0.2, 0.25) is 0 Å². The lowest BCUT2D eigenvalue weighted by atomic mass is 10.2. The Morgan fingerprint density at radius 1 is 1.53 bits per heavy atom. The predicted molar refractivity (Wildman–Crippen MR) is 75.0 cm³/mol. The summed E-state index contributed by atoms with van der Waals surface area (Å²) in [5.74, 6) is -0.725. The smallest absolute Gasteiger partial charge is 0.303 e. The molecule has 1 aromatic rings. The summed E-state index contributed by atoms with van der Waals surface area (Å²) in [7, 11) is 1.96. The van der Waals surface area contributed by atoms with Crippen LogP contribution < -0.4 is 0 Å². The average Bonchev–Trinajstić information content (AvgIpc) is 2.68. The summed E-state index contributed by atoms with van der Waals surface area (Å²) in [6.45, 7) is 7.99. The first-order valence-electron chi connectivity index (χ1n) is 6.91. The van der Waals surface area contributed by atoms with E-state index in [-0.39, 0.29) is 6.42 Å². The minimum atomic E-state index is -0.725. The summed E-state index contributed by atoms with van der Waals surface area (Å²) in [6, 6.07) is 2.53. The van der Waals surface area contributed by atoms with E-state index >= 15 is 0 Å². The second kappa shape index (κ2) is 7.28. The van der Waals surface area contributed by atoms with Gasteiger partial charge in [0, 0.05) is 26.1 Å².